The Morgan fingerprint density at radius 2 is 1.83 bits per heavy atom. The van der Waals surface area contributed by atoms with Gasteiger partial charge >= 0.3 is 5.97 Å². The number of nitrogens with one attached hydrogen (secondary N) is 2. The highest BCUT2D eigenvalue weighted by molar-refractivity contribution is 5.96. The van der Waals surface area contributed by atoms with Crippen LogP contribution in [0, 0.1) is 0 Å². The summed E-state index contributed by atoms with van der Waals surface area (Å²) in [6, 6.07) is 8.04. The first-order valence-corrected chi connectivity index (χ1v) is 8.29. The molecule has 1 atom stereocenters. The van der Waals surface area contributed by atoms with E-state index in [-0.39, 0.29) is 11.8 Å². The molecule has 1 rings (SSSR count). The number of benzene rings is 1. The van der Waals surface area contributed by atoms with Gasteiger partial charge < -0.3 is 15.4 Å². The van der Waals surface area contributed by atoms with Crippen LogP contribution in [0.3, 0.4) is 0 Å². The van der Waals surface area contributed by atoms with E-state index in [1.165, 1.54) is 7.11 Å². The van der Waals surface area contributed by atoms with Crippen LogP contribution in [0.15, 0.2) is 30.3 Å². The summed E-state index contributed by atoms with van der Waals surface area (Å²) in [5.41, 5.74) is 0.498. The lowest BCUT2D eigenvalue weighted by Gasteiger charge is -2.16. The molecule has 6 heteroatoms. The van der Waals surface area contributed by atoms with E-state index in [0.717, 1.165) is 12.8 Å². The lowest BCUT2D eigenvalue weighted by atomic mass is 10.1. The second-order valence-corrected chi connectivity index (χ2v) is 5.51. The molecule has 0 aliphatic carbocycles. The predicted molar refractivity (Wildman–Crippen MR) is 91.5 cm³/mol. The Kier molecular flexibility index (Phi) is 9.19. The van der Waals surface area contributed by atoms with Gasteiger partial charge in [0.1, 0.15) is 6.04 Å². The Bertz CT molecular complexity index is 531. The summed E-state index contributed by atoms with van der Waals surface area (Å²) in [7, 11) is 1.30. The van der Waals surface area contributed by atoms with Crippen molar-refractivity contribution in [3.05, 3.63) is 35.9 Å². The average Bonchev–Trinajstić information content (AvgIpc) is 2.60. The fourth-order valence-electron chi connectivity index (χ4n) is 2.24. The fraction of sp³-hybridized carbons (Fsp3) is 0.500. The van der Waals surface area contributed by atoms with Crippen LogP contribution in [0.4, 0.5) is 0 Å². The smallest absolute Gasteiger partial charge is 0.328 e. The van der Waals surface area contributed by atoms with E-state index in [0.29, 0.717) is 31.4 Å². The number of amides is 2. The zero-order chi connectivity index (χ0) is 17.8. The minimum Gasteiger partial charge on any atom is -0.467 e. The maximum Gasteiger partial charge on any atom is 0.328 e. The summed E-state index contributed by atoms with van der Waals surface area (Å²) in [4.78, 5) is 35.3. The van der Waals surface area contributed by atoms with E-state index in [4.69, 9.17) is 4.74 Å². The normalized spacial score (nSPS) is 11.4. The van der Waals surface area contributed by atoms with Crippen LogP contribution in [-0.2, 0) is 14.3 Å². The van der Waals surface area contributed by atoms with Crippen LogP contribution in [-0.4, -0.2) is 37.5 Å². The molecule has 0 saturated carbocycles. The van der Waals surface area contributed by atoms with E-state index < -0.39 is 12.0 Å². The predicted octanol–water partition coefficient (Wildman–Crippen LogP) is 2.04. The number of carbonyl (C=O) groups is 3. The van der Waals surface area contributed by atoms with Gasteiger partial charge in [-0.15, -0.1) is 0 Å². The summed E-state index contributed by atoms with van der Waals surface area (Å²) in [6.45, 7) is 2.52. The van der Waals surface area contributed by atoms with Crippen molar-refractivity contribution in [2.24, 2.45) is 0 Å². The highest BCUT2D eigenvalue weighted by atomic mass is 16.5. The van der Waals surface area contributed by atoms with Crippen molar-refractivity contribution in [2.45, 2.75) is 45.1 Å². The van der Waals surface area contributed by atoms with Gasteiger partial charge in [0.15, 0.2) is 0 Å². The molecule has 2 amide bonds. The lowest BCUT2D eigenvalue weighted by molar-refractivity contribution is -0.143. The number of rotatable bonds is 10. The molecule has 0 radical (unpaired) electrons. The van der Waals surface area contributed by atoms with Gasteiger partial charge in [-0.1, -0.05) is 25.1 Å². The van der Waals surface area contributed by atoms with Crippen LogP contribution >= 0.6 is 0 Å². The van der Waals surface area contributed by atoms with Gasteiger partial charge in [0.25, 0.3) is 5.91 Å². The van der Waals surface area contributed by atoms with Crippen molar-refractivity contribution in [1.82, 2.24) is 10.6 Å². The van der Waals surface area contributed by atoms with Gasteiger partial charge in [-0.2, -0.15) is 0 Å². The first-order chi connectivity index (χ1) is 11.6. The fourth-order valence-corrected chi connectivity index (χ4v) is 2.24. The molecule has 0 aliphatic rings. The average molecular weight is 334 g/mol. The van der Waals surface area contributed by atoms with Crippen molar-refractivity contribution >= 4 is 17.8 Å². The summed E-state index contributed by atoms with van der Waals surface area (Å²) in [6.07, 6.45) is 3.25. The molecule has 2 N–H and O–H groups in total. The molecular weight excluding hydrogens is 308 g/mol. The third-order valence-electron chi connectivity index (χ3n) is 3.55. The van der Waals surface area contributed by atoms with Crippen molar-refractivity contribution in [1.29, 1.82) is 0 Å². The minimum atomic E-state index is -0.686. The third kappa shape index (κ3) is 7.26. The highest BCUT2D eigenvalue weighted by Gasteiger charge is 2.21. The molecule has 0 spiro atoms. The van der Waals surface area contributed by atoms with Crippen molar-refractivity contribution < 1.29 is 19.1 Å². The van der Waals surface area contributed by atoms with Crippen LogP contribution in [0.2, 0.25) is 0 Å². The summed E-state index contributed by atoms with van der Waals surface area (Å²) in [5.74, 6) is -0.726. The molecule has 1 aromatic rings. The van der Waals surface area contributed by atoms with Crippen LogP contribution < -0.4 is 10.6 Å². The maximum absolute atomic E-state index is 12.1. The number of hydrogen-bond donors (Lipinski definition) is 2. The SMILES string of the molecule is CCCC(=O)NCCCCC(NC(=O)c1ccccc1)C(=O)OC. The van der Waals surface area contributed by atoms with Gasteiger partial charge in [-0.25, -0.2) is 4.79 Å². The van der Waals surface area contributed by atoms with Crippen molar-refractivity contribution in [2.75, 3.05) is 13.7 Å². The van der Waals surface area contributed by atoms with E-state index in [2.05, 4.69) is 10.6 Å². The number of unbranched alkanes of at least 4 members (excludes halogenated alkanes) is 1. The van der Waals surface area contributed by atoms with Gasteiger partial charge in [0.05, 0.1) is 7.11 Å². The second kappa shape index (κ2) is 11.2. The Labute approximate surface area is 143 Å². The Morgan fingerprint density at radius 1 is 1.12 bits per heavy atom. The van der Waals surface area contributed by atoms with Gasteiger partial charge in [-0.3, -0.25) is 9.59 Å². The number of methoxy groups -OCH3 is 1. The standard InChI is InChI=1S/C18H26N2O4/c1-3-9-16(21)19-13-8-7-12-15(18(23)24-2)20-17(22)14-10-5-4-6-11-14/h4-6,10-11,15H,3,7-9,12-13H2,1-2H3,(H,19,21)(H,20,22). The zero-order valence-electron chi connectivity index (χ0n) is 14.3. The third-order valence-corrected chi connectivity index (χ3v) is 3.55. The first kappa shape index (κ1) is 19.7. The summed E-state index contributed by atoms with van der Waals surface area (Å²) in [5, 5.41) is 5.53. The lowest BCUT2D eigenvalue weighted by Crippen LogP contribution is -2.41. The van der Waals surface area contributed by atoms with E-state index in [9.17, 15) is 14.4 Å². The molecule has 0 heterocycles. The molecule has 0 aliphatic heterocycles. The summed E-state index contributed by atoms with van der Waals surface area (Å²) < 4.78 is 4.75. The monoisotopic (exact) mass is 334 g/mol. The number of ether oxygens (including phenoxy) is 1. The molecule has 132 valence electrons. The number of esters is 1. The topological polar surface area (TPSA) is 84.5 Å². The van der Waals surface area contributed by atoms with Crippen LogP contribution in [0.1, 0.15) is 49.4 Å². The zero-order valence-corrected chi connectivity index (χ0v) is 14.3. The van der Waals surface area contributed by atoms with E-state index in [1.54, 1.807) is 24.3 Å². The molecule has 0 fully saturated rings. The molecule has 24 heavy (non-hydrogen) atoms. The molecule has 1 aromatic carbocycles. The maximum atomic E-state index is 12.1. The molecule has 0 aromatic heterocycles. The highest BCUT2D eigenvalue weighted by Crippen LogP contribution is 2.05. The summed E-state index contributed by atoms with van der Waals surface area (Å²) >= 11 is 0. The van der Waals surface area contributed by atoms with Crippen LogP contribution in [0.25, 0.3) is 0 Å². The number of hydrogen-bond acceptors (Lipinski definition) is 4. The number of carbonyl (C=O) groups excluding carboxylic acids is 3. The molecule has 6 nitrogen and oxygen atoms in total. The Balaban J connectivity index is 2.41. The van der Waals surface area contributed by atoms with Crippen molar-refractivity contribution in [3.8, 4) is 0 Å². The Morgan fingerprint density at radius 3 is 2.46 bits per heavy atom. The molecular formula is C18H26N2O4. The molecule has 1 unspecified atom stereocenters. The van der Waals surface area contributed by atoms with Gasteiger partial charge in [-0.05, 0) is 37.8 Å². The molecule has 0 saturated heterocycles. The van der Waals surface area contributed by atoms with Gasteiger partial charge in [0.2, 0.25) is 5.91 Å². The first-order valence-electron chi connectivity index (χ1n) is 8.29. The molecule has 0 bridgehead atoms. The second-order valence-electron chi connectivity index (χ2n) is 5.51. The van der Waals surface area contributed by atoms with E-state index in [1.807, 2.05) is 13.0 Å². The quantitative estimate of drug-likeness (QED) is 0.506. The van der Waals surface area contributed by atoms with Gasteiger partial charge in [0, 0.05) is 18.5 Å². The van der Waals surface area contributed by atoms with Crippen LogP contribution in [0.5, 0.6) is 0 Å². The van der Waals surface area contributed by atoms with E-state index >= 15 is 0 Å². The minimum absolute atomic E-state index is 0.0411. The Hall–Kier alpha value is -2.37. The van der Waals surface area contributed by atoms with Crippen molar-refractivity contribution in [3.63, 3.8) is 0 Å². The largest absolute Gasteiger partial charge is 0.467 e.